The second-order valence-corrected chi connectivity index (χ2v) is 4.52. The molecule has 0 saturated carbocycles. The minimum absolute atomic E-state index is 0.465. The van der Waals surface area contributed by atoms with Crippen molar-refractivity contribution < 1.29 is 4.74 Å². The highest BCUT2D eigenvalue weighted by molar-refractivity contribution is 9.10. The molecule has 0 unspecified atom stereocenters. The number of rotatable bonds is 7. The number of anilines is 1. The van der Waals surface area contributed by atoms with Gasteiger partial charge in [0, 0.05) is 32.7 Å². The van der Waals surface area contributed by atoms with Gasteiger partial charge in [-0.2, -0.15) is 5.26 Å². The van der Waals surface area contributed by atoms with Crippen molar-refractivity contribution in [2.75, 3.05) is 31.7 Å². The summed E-state index contributed by atoms with van der Waals surface area (Å²) in [5.41, 5.74) is 0. The lowest BCUT2D eigenvalue weighted by molar-refractivity contribution is 0.205. The number of nitriles is 1. The van der Waals surface area contributed by atoms with Crippen LogP contribution in [0, 0.1) is 11.3 Å². The number of hydrogen-bond donors (Lipinski definition) is 0. The van der Waals surface area contributed by atoms with Crippen LogP contribution in [0.5, 0.6) is 0 Å². The molecule has 0 aliphatic heterocycles. The lowest BCUT2D eigenvalue weighted by Gasteiger charge is -2.22. The maximum absolute atomic E-state index is 8.69. The Balaban J connectivity index is 2.88. The third-order valence-corrected chi connectivity index (χ3v) is 2.83. The monoisotopic (exact) mass is 312 g/mol. The first-order chi connectivity index (χ1) is 8.71. The molecule has 1 aromatic heterocycles. The normalized spacial score (nSPS) is 10.1. The Bertz CT molecular complexity index is 419. The molecule has 1 aromatic rings. The zero-order valence-corrected chi connectivity index (χ0v) is 12.3. The topological polar surface area (TPSA) is 62.0 Å². The van der Waals surface area contributed by atoms with Crippen molar-refractivity contribution in [3.63, 3.8) is 0 Å². The zero-order valence-electron chi connectivity index (χ0n) is 10.7. The molecular formula is C12H17BrN4O. The molecule has 0 aromatic carbocycles. The number of halogens is 1. The van der Waals surface area contributed by atoms with Gasteiger partial charge in [-0.1, -0.05) is 6.92 Å². The van der Waals surface area contributed by atoms with Crippen LogP contribution in [0.15, 0.2) is 10.7 Å². The van der Waals surface area contributed by atoms with E-state index in [9.17, 15) is 0 Å². The van der Waals surface area contributed by atoms with Gasteiger partial charge in [-0.3, -0.25) is 0 Å². The van der Waals surface area contributed by atoms with Crippen LogP contribution >= 0.6 is 15.9 Å². The molecule has 18 heavy (non-hydrogen) atoms. The van der Waals surface area contributed by atoms with Crippen LogP contribution < -0.4 is 4.90 Å². The SMILES string of the molecule is CCc1nc(Br)cc(N(CCC#N)CCOC)n1. The van der Waals surface area contributed by atoms with Crippen molar-refractivity contribution in [3.05, 3.63) is 16.5 Å². The number of aryl methyl sites for hydroxylation is 1. The summed E-state index contributed by atoms with van der Waals surface area (Å²) in [7, 11) is 1.66. The standard InChI is InChI=1S/C12H17BrN4O/c1-3-11-15-10(13)9-12(16-11)17(6-4-5-14)7-8-18-2/h9H,3-4,6-8H2,1-2H3. The Hall–Kier alpha value is -1.19. The summed E-state index contributed by atoms with van der Waals surface area (Å²) in [6.07, 6.45) is 1.25. The molecule has 0 saturated heterocycles. The first-order valence-electron chi connectivity index (χ1n) is 5.85. The molecule has 98 valence electrons. The lowest BCUT2D eigenvalue weighted by Crippen LogP contribution is -2.29. The van der Waals surface area contributed by atoms with Gasteiger partial charge in [0.1, 0.15) is 16.2 Å². The molecule has 0 atom stereocenters. The van der Waals surface area contributed by atoms with E-state index in [0.29, 0.717) is 26.1 Å². The molecule has 1 rings (SSSR count). The highest BCUT2D eigenvalue weighted by Crippen LogP contribution is 2.17. The Labute approximate surface area is 116 Å². The maximum Gasteiger partial charge on any atom is 0.133 e. The molecule has 0 radical (unpaired) electrons. The number of nitrogens with zero attached hydrogens (tertiary/aromatic N) is 4. The van der Waals surface area contributed by atoms with E-state index in [-0.39, 0.29) is 0 Å². The summed E-state index contributed by atoms with van der Waals surface area (Å²) < 4.78 is 5.85. The molecule has 0 fully saturated rings. The van der Waals surface area contributed by atoms with Crippen molar-refractivity contribution in [3.8, 4) is 6.07 Å². The minimum atomic E-state index is 0.465. The summed E-state index contributed by atoms with van der Waals surface area (Å²) in [6.45, 7) is 3.98. The van der Waals surface area contributed by atoms with Gasteiger partial charge in [-0.05, 0) is 15.9 Å². The van der Waals surface area contributed by atoms with Crippen LogP contribution in [-0.4, -0.2) is 36.8 Å². The fourth-order valence-electron chi connectivity index (χ4n) is 1.50. The van der Waals surface area contributed by atoms with Crippen molar-refractivity contribution in [2.45, 2.75) is 19.8 Å². The smallest absolute Gasteiger partial charge is 0.133 e. The van der Waals surface area contributed by atoms with Crippen LogP contribution in [0.4, 0.5) is 5.82 Å². The van der Waals surface area contributed by atoms with Crippen LogP contribution in [0.25, 0.3) is 0 Å². The van der Waals surface area contributed by atoms with Gasteiger partial charge in [0.25, 0.3) is 0 Å². The van der Waals surface area contributed by atoms with Crippen LogP contribution in [0.3, 0.4) is 0 Å². The Morgan fingerprint density at radius 1 is 1.44 bits per heavy atom. The summed E-state index contributed by atoms with van der Waals surface area (Å²) in [4.78, 5) is 10.8. The first kappa shape index (κ1) is 14.9. The molecule has 0 aliphatic rings. The van der Waals surface area contributed by atoms with Crippen LogP contribution in [-0.2, 0) is 11.2 Å². The number of methoxy groups -OCH3 is 1. The van der Waals surface area contributed by atoms with Crippen LogP contribution in [0.1, 0.15) is 19.2 Å². The van der Waals surface area contributed by atoms with Gasteiger partial charge < -0.3 is 9.64 Å². The van der Waals surface area contributed by atoms with Gasteiger partial charge in [-0.15, -0.1) is 0 Å². The quantitative estimate of drug-likeness (QED) is 0.722. The van der Waals surface area contributed by atoms with Crippen molar-refractivity contribution >= 4 is 21.7 Å². The van der Waals surface area contributed by atoms with E-state index in [1.807, 2.05) is 17.9 Å². The van der Waals surface area contributed by atoms with E-state index in [1.54, 1.807) is 7.11 Å². The van der Waals surface area contributed by atoms with Crippen molar-refractivity contribution in [2.24, 2.45) is 0 Å². The van der Waals surface area contributed by atoms with E-state index in [2.05, 4.69) is 32.0 Å². The second kappa shape index (κ2) is 8.01. The third kappa shape index (κ3) is 4.59. The predicted molar refractivity (Wildman–Crippen MR) is 73.4 cm³/mol. The number of hydrogen-bond acceptors (Lipinski definition) is 5. The molecule has 0 N–H and O–H groups in total. The number of ether oxygens (including phenoxy) is 1. The molecule has 5 nitrogen and oxygen atoms in total. The average molecular weight is 313 g/mol. The summed E-state index contributed by atoms with van der Waals surface area (Å²) >= 11 is 3.38. The largest absolute Gasteiger partial charge is 0.383 e. The van der Waals surface area contributed by atoms with E-state index in [0.717, 1.165) is 22.7 Å². The first-order valence-corrected chi connectivity index (χ1v) is 6.64. The van der Waals surface area contributed by atoms with Gasteiger partial charge in [0.2, 0.25) is 0 Å². The highest BCUT2D eigenvalue weighted by Gasteiger charge is 2.10. The maximum atomic E-state index is 8.69. The van der Waals surface area contributed by atoms with Gasteiger partial charge in [0.15, 0.2) is 0 Å². The van der Waals surface area contributed by atoms with E-state index >= 15 is 0 Å². The van der Waals surface area contributed by atoms with Gasteiger partial charge >= 0.3 is 0 Å². The summed E-state index contributed by atoms with van der Waals surface area (Å²) in [5.74, 6) is 1.62. The summed E-state index contributed by atoms with van der Waals surface area (Å²) in [6, 6.07) is 4.02. The zero-order chi connectivity index (χ0) is 13.4. The van der Waals surface area contributed by atoms with Crippen molar-refractivity contribution in [1.82, 2.24) is 9.97 Å². The van der Waals surface area contributed by atoms with Gasteiger partial charge in [-0.25, -0.2) is 9.97 Å². The molecule has 0 aliphatic carbocycles. The van der Waals surface area contributed by atoms with Crippen LogP contribution in [0.2, 0.25) is 0 Å². The Kier molecular flexibility index (Phi) is 6.61. The fraction of sp³-hybridized carbons (Fsp3) is 0.583. The molecule has 6 heteroatoms. The minimum Gasteiger partial charge on any atom is -0.383 e. The molecular weight excluding hydrogens is 296 g/mol. The highest BCUT2D eigenvalue weighted by atomic mass is 79.9. The summed E-state index contributed by atoms with van der Waals surface area (Å²) in [5, 5.41) is 8.69. The fourth-order valence-corrected chi connectivity index (χ4v) is 1.91. The lowest BCUT2D eigenvalue weighted by atomic mass is 10.3. The predicted octanol–water partition coefficient (Wildman–Crippen LogP) is 2.17. The second-order valence-electron chi connectivity index (χ2n) is 3.71. The van der Waals surface area contributed by atoms with E-state index < -0.39 is 0 Å². The third-order valence-electron chi connectivity index (χ3n) is 2.43. The molecule has 0 spiro atoms. The van der Waals surface area contributed by atoms with Gasteiger partial charge in [0.05, 0.1) is 19.1 Å². The molecule has 1 heterocycles. The Morgan fingerprint density at radius 3 is 2.83 bits per heavy atom. The Morgan fingerprint density at radius 2 is 2.22 bits per heavy atom. The molecule has 0 amide bonds. The van der Waals surface area contributed by atoms with E-state index in [1.165, 1.54) is 0 Å². The molecule has 0 bridgehead atoms. The average Bonchev–Trinajstić information content (AvgIpc) is 2.38. The van der Waals surface area contributed by atoms with E-state index in [4.69, 9.17) is 10.00 Å². The van der Waals surface area contributed by atoms with Crippen molar-refractivity contribution in [1.29, 1.82) is 5.26 Å². The number of aromatic nitrogens is 2.